The Labute approximate surface area is 416 Å². The Bertz CT molecular complexity index is 3800. The molecule has 6 aromatic heterocycles. The SMILES string of the molecule is CSc1n[nH]c(Nc2nc(-c3ccccc3C(F)(F)F)nc3ccccc23)n1.Cc1nc(Nc2nc(-c3ccccc3)nc3ccccc23)n[nH]1.c1ccc(-c2nc(Nc3ncn[nH]3)c3ccccc3n2)cc1. The van der Waals surface area contributed by atoms with Gasteiger partial charge in [-0.2, -0.15) is 33.2 Å². The first-order valence-electron chi connectivity index (χ1n) is 22.2. The minimum absolute atomic E-state index is 0.0290. The molecule has 12 rings (SSSR count). The highest BCUT2D eigenvalue weighted by Crippen LogP contribution is 2.37. The largest absolute Gasteiger partial charge is 0.417 e. The summed E-state index contributed by atoms with van der Waals surface area (Å²) in [6.07, 6.45) is -1.24. The number of aromatic nitrogens is 15. The molecule has 73 heavy (non-hydrogen) atoms. The molecule has 22 heteroatoms. The van der Waals surface area contributed by atoms with E-state index in [2.05, 4.69) is 91.4 Å². The number of hydrogen-bond acceptors (Lipinski definition) is 16. The molecule has 6 heterocycles. The second kappa shape index (κ2) is 21.1. The summed E-state index contributed by atoms with van der Waals surface area (Å²) >= 11 is 1.36. The highest BCUT2D eigenvalue weighted by molar-refractivity contribution is 7.98. The Kier molecular flexibility index (Phi) is 13.6. The van der Waals surface area contributed by atoms with Crippen LogP contribution < -0.4 is 16.0 Å². The average Bonchev–Trinajstić information content (AvgIpc) is 4.22. The maximum atomic E-state index is 13.4. The van der Waals surface area contributed by atoms with E-state index in [1.807, 2.05) is 122 Å². The number of H-pyrrole nitrogens is 3. The number of aromatic amines is 3. The Morgan fingerprint density at radius 2 is 0.959 bits per heavy atom. The van der Waals surface area contributed by atoms with E-state index in [0.29, 0.717) is 63.0 Å². The Morgan fingerprint density at radius 1 is 0.466 bits per heavy atom. The Hall–Kier alpha value is -9.70. The number of alkyl halides is 3. The molecular weight excluding hydrogens is 954 g/mol. The summed E-state index contributed by atoms with van der Waals surface area (Å²) in [5, 5.41) is 32.6. The van der Waals surface area contributed by atoms with Crippen molar-refractivity contribution in [1.29, 1.82) is 0 Å². The lowest BCUT2D eigenvalue weighted by molar-refractivity contribution is -0.137. The number of rotatable bonds is 10. The summed E-state index contributed by atoms with van der Waals surface area (Å²) in [5.41, 5.74) is 3.30. The highest BCUT2D eigenvalue weighted by Gasteiger charge is 2.34. The van der Waals surface area contributed by atoms with Gasteiger partial charge in [-0.15, -0.1) is 10.2 Å². The first-order chi connectivity index (χ1) is 35.6. The van der Waals surface area contributed by atoms with E-state index in [1.54, 1.807) is 24.3 Å². The maximum absolute atomic E-state index is 13.4. The predicted octanol–water partition coefficient (Wildman–Crippen LogP) is 11.5. The van der Waals surface area contributed by atoms with Crippen molar-refractivity contribution in [2.24, 2.45) is 0 Å². The van der Waals surface area contributed by atoms with Gasteiger partial charge >= 0.3 is 6.18 Å². The molecule has 6 aromatic carbocycles. The zero-order valence-corrected chi connectivity index (χ0v) is 39.3. The summed E-state index contributed by atoms with van der Waals surface area (Å²) in [7, 11) is 0. The van der Waals surface area contributed by atoms with Crippen LogP contribution in [-0.2, 0) is 6.18 Å². The third-order valence-corrected chi connectivity index (χ3v) is 11.3. The quantitative estimate of drug-likeness (QED) is 0.0698. The van der Waals surface area contributed by atoms with Gasteiger partial charge < -0.3 is 16.0 Å². The lowest BCUT2D eigenvalue weighted by Gasteiger charge is -2.13. The molecule has 0 aliphatic rings. The predicted molar refractivity (Wildman–Crippen MR) is 275 cm³/mol. The van der Waals surface area contributed by atoms with Crippen molar-refractivity contribution in [1.82, 2.24) is 75.4 Å². The van der Waals surface area contributed by atoms with Crippen LogP contribution in [0.2, 0.25) is 0 Å². The monoisotopic (exact) mass is 992 g/mol. The molecule has 0 spiro atoms. The second-order valence-electron chi connectivity index (χ2n) is 15.6. The van der Waals surface area contributed by atoms with Gasteiger partial charge in [0.25, 0.3) is 0 Å². The van der Waals surface area contributed by atoms with E-state index in [-0.39, 0.29) is 11.4 Å². The van der Waals surface area contributed by atoms with Crippen LogP contribution in [0.25, 0.3) is 66.9 Å². The van der Waals surface area contributed by atoms with Crippen molar-refractivity contribution in [3.05, 3.63) is 175 Å². The molecule has 12 aromatic rings. The van der Waals surface area contributed by atoms with Gasteiger partial charge in [-0.3, -0.25) is 5.10 Å². The number of para-hydroxylation sites is 3. The standard InChI is InChI=1S/C18H13F3N6S.C17H14N6.C16H12N6/c1-28-17-25-16(26-27-17)24-15-11-7-3-5-9-13(11)22-14(23-15)10-6-2-4-8-12(10)18(19,20)21;1-11-18-17(23-22-11)21-16-13-9-5-6-10-14(13)19-15(20-16)12-7-3-2-4-8-12;1-2-6-11(7-3-1)14-19-13-9-5-4-8-12(13)15(20-14)21-16-17-10-18-22-16/h2-9H,1H3,(H2,22,23,24,25,26,27);2-10H,1H3,(H2,18,19,20,21,22,23);1-10H,(H2,17,18,19,20,21,22). The van der Waals surface area contributed by atoms with Crippen LogP contribution in [0.1, 0.15) is 11.4 Å². The fourth-order valence-electron chi connectivity index (χ4n) is 7.38. The maximum Gasteiger partial charge on any atom is 0.417 e. The Balaban J connectivity index is 0.000000127. The van der Waals surface area contributed by atoms with Gasteiger partial charge in [0, 0.05) is 32.8 Å². The first-order valence-corrected chi connectivity index (χ1v) is 23.5. The number of nitrogens with one attached hydrogen (secondary N) is 6. The van der Waals surface area contributed by atoms with Crippen molar-refractivity contribution in [3.8, 4) is 34.2 Å². The lowest BCUT2D eigenvalue weighted by atomic mass is 10.1. The van der Waals surface area contributed by atoms with Crippen LogP contribution in [0.3, 0.4) is 0 Å². The van der Waals surface area contributed by atoms with Crippen molar-refractivity contribution < 1.29 is 13.2 Å². The molecule has 0 amide bonds. The number of halogens is 3. The van der Waals surface area contributed by atoms with Crippen LogP contribution >= 0.6 is 11.8 Å². The molecule has 0 aliphatic carbocycles. The zero-order valence-electron chi connectivity index (χ0n) is 38.5. The Morgan fingerprint density at radius 3 is 1.47 bits per heavy atom. The second-order valence-corrected chi connectivity index (χ2v) is 16.4. The molecule has 18 nitrogen and oxygen atoms in total. The van der Waals surface area contributed by atoms with Gasteiger partial charge in [-0.25, -0.2) is 40.1 Å². The van der Waals surface area contributed by atoms with E-state index in [1.165, 1.54) is 36.3 Å². The summed E-state index contributed by atoms with van der Waals surface area (Å²) in [6, 6.07) is 47.8. The molecule has 0 fully saturated rings. The first kappa shape index (κ1) is 47.0. The van der Waals surface area contributed by atoms with E-state index in [9.17, 15) is 13.2 Å². The van der Waals surface area contributed by atoms with Crippen LogP contribution in [0, 0.1) is 6.92 Å². The van der Waals surface area contributed by atoms with Gasteiger partial charge in [0.15, 0.2) is 17.5 Å². The smallest absolute Gasteiger partial charge is 0.309 e. The summed E-state index contributed by atoms with van der Waals surface area (Å²) < 4.78 is 40.3. The topological polar surface area (TPSA) is 238 Å². The molecular formula is C51H39F3N18S. The molecule has 0 saturated heterocycles. The molecule has 6 N–H and O–H groups in total. The van der Waals surface area contributed by atoms with Gasteiger partial charge in [0.1, 0.15) is 29.6 Å². The van der Waals surface area contributed by atoms with E-state index >= 15 is 0 Å². The van der Waals surface area contributed by atoms with Crippen LogP contribution in [0.15, 0.2) is 169 Å². The van der Waals surface area contributed by atoms with Crippen LogP contribution in [0.5, 0.6) is 0 Å². The number of aryl methyl sites for hydroxylation is 1. The number of thioether (sulfide) groups is 1. The number of anilines is 6. The molecule has 0 saturated carbocycles. The van der Waals surface area contributed by atoms with Gasteiger partial charge in [0.05, 0.1) is 22.1 Å². The van der Waals surface area contributed by atoms with Gasteiger partial charge in [0.2, 0.25) is 23.0 Å². The fourth-order valence-corrected chi connectivity index (χ4v) is 7.70. The van der Waals surface area contributed by atoms with Crippen molar-refractivity contribution in [2.75, 3.05) is 22.2 Å². The lowest BCUT2D eigenvalue weighted by Crippen LogP contribution is -2.09. The van der Waals surface area contributed by atoms with E-state index in [4.69, 9.17) is 0 Å². The van der Waals surface area contributed by atoms with Crippen molar-refractivity contribution in [3.63, 3.8) is 0 Å². The average molecular weight is 993 g/mol. The summed E-state index contributed by atoms with van der Waals surface area (Å²) in [5.74, 6) is 5.14. The van der Waals surface area contributed by atoms with Crippen LogP contribution in [-0.4, -0.2) is 81.7 Å². The van der Waals surface area contributed by atoms with E-state index < -0.39 is 11.7 Å². The third kappa shape index (κ3) is 11.0. The number of benzene rings is 6. The summed E-state index contributed by atoms with van der Waals surface area (Å²) in [6.45, 7) is 1.85. The molecule has 0 radical (unpaired) electrons. The van der Waals surface area contributed by atoms with Crippen molar-refractivity contribution >= 4 is 79.8 Å². The van der Waals surface area contributed by atoms with Gasteiger partial charge in [-0.1, -0.05) is 127 Å². The third-order valence-electron chi connectivity index (χ3n) is 10.7. The van der Waals surface area contributed by atoms with Gasteiger partial charge in [-0.05, 0) is 55.6 Å². The van der Waals surface area contributed by atoms with E-state index in [0.717, 1.165) is 44.8 Å². The molecule has 0 aliphatic heterocycles. The molecule has 360 valence electrons. The highest BCUT2D eigenvalue weighted by atomic mass is 32.2. The normalized spacial score (nSPS) is 11.1. The molecule has 0 unspecified atom stereocenters. The minimum atomic E-state index is -4.52. The number of fused-ring (bicyclic) bond motifs is 3. The minimum Gasteiger partial charge on any atom is -0.309 e. The van der Waals surface area contributed by atoms with Crippen LogP contribution in [0.4, 0.5) is 48.5 Å². The number of nitrogens with zero attached hydrogens (tertiary/aromatic N) is 12. The van der Waals surface area contributed by atoms with Crippen molar-refractivity contribution in [2.45, 2.75) is 18.3 Å². The molecule has 0 atom stereocenters. The molecule has 0 bridgehead atoms. The number of hydrogen-bond donors (Lipinski definition) is 6. The fraction of sp³-hybridized carbons (Fsp3) is 0.0588. The zero-order chi connectivity index (χ0) is 50.2. The summed E-state index contributed by atoms with van der Waals surface area (Å²) in [4.78, 5) is 39.9.